The van der Waals surface area contributed by atoms with E-state index < -0.39 is 12.6 Å². The number of hydrogen-bond donors (Lipinski definition) is 1. The van der Waals surface area contributed by atoms with Crippen molar-refractivity contribution >= 4 is 23.2 Å². The minimum atomic E-state index is -1.08. The van der Waals surface area contributed by atoms with Crippen LogP contribution in [0.3, 0.4) is 0 Å². The molecule has 1 saturated heterocycles. The monoisotopic (exact) mass is 391 g/mol. The number of carboxylic acids is 1. The Balaban J connectivity index is 1.75. The lowest BCUT2D eigenvalue weighted by Gasteiger charge is -2.33. The normalized spacial score (nSPS) is 16.8. The number of carboxylic acid groups (broad SMARTS) is 1. The summed E-state index contributed by atoms with van der Waals surface area (Å²) in [4.78, 5) is 25.4. The Kier molecular flexibility index (Phi) is 6.31. The summed E-state index contributed by atoms with van der Waals surface area (Å²) in [5, 5.41) is 12.8. The van der Waals surface area contributed by atoms with Gasteiger partial charge in [0.2, 0.25) is 0 Å². The molecule has 1 atom stereocenters. The smallest absolute Gasteiger partial charge is 0.341 e. The van der Waals surface area contributed by atoms with Crippen LogP contribution in [0.4, 0.5) is 0 Å². The van der Waals surface area contributed by atoms with E-state index in [0.717, 1.165) is 5.56 Å². The number of amides is 1. The molecule has 27 heavy (non-hydrogen) atoms. The number of thiophene rings is 1. The number of hydrogen-bond acceptors (Lipinski definition) is 6. The minimum Gasteiger partial charge on any atom is -0.490 e. The van der Waals surface area contributed by atoms with Gasteiger partial charge in [-0.15, -0.1) is 0 Å². The van der Waals surface area contributed by atoms with Crippen molar-refractivity contribution in [3.8, 4) is 11.5 Å². The molecule has 1 aliphatic heterocycles. The first-order valence-corrected chi connectivity index (χ1v) is 9.57. The van der Waals surface area contributed by atoms with Gasteiger partial charge < -0.3 is 24.2 Å². The Morgan fingerprint density at radius 1 is 1.30 bits per heavy atom. The van der Waals surface area contributed by atoms with Crippen molar-refractivity contribution in [2.45, 2.75) is 13.0 Å². The minimum absolute atomic E-state index is 0.121. The third-order valence-electron chi connectivity index (χ3n) is 4.11. The van der Waals surface area contributed by atoms with Crippen LogP contribution < -0.4 is 9.47 Å². The molecule has 1 unspecified atom stereocenters. The molecule has 1 aromatic carbocycles. The summed E-state index contributed by atoms with van der Waals surface area (Å²) >= 11 is 1.60. The van der Waals surface area contributed by atoms with E-state index in [0.29, 0.717) is 43.4 Å². The van der Waals surface area contributed by atoms with E-state index in [1.807, 2.05) is 23.8 Å². The maximum absolute atomic E-state index is 12.9. The average Bonchev–Trinajstić information content (AvgIpc) is 3.21. The molecule has 1 fully saturated rings. The van der Waals surface area contributed by atoms with Crippen LogP contribution in [-0.2, 0) is 9.53 Å². The van der Waals surface area contributed by atoms with E-state index in [4.69, 9.17) is 19.3 Å². The molecule has 1 aromatic heterocycles. The summed E-state index contributed by atoms with van der Waals surface area (Å²) in [6.45, 7) is 3.18. The quantitative estimate of drug-likeness (QED) is 0.781. The van der Waals surface area contributed by atoms with Crippen LogP contribution in [-0.4, -0.2) is 54.8 Å². The molecule has 2 aromatic rings. The first-order chi connectivity index (χ1) is 13.1. The van der Waals surface area contributed by atoms with Crippen LogP contribution in [0.5, 0.6) is 11.5 Å². The number of morpholine rings is 1. The van der Waals surface area contributed by atoms with Crippen LogP contribution >= 0.6 is 11.3 Å². The van der Waals surface area contributed by atoms with Crippen LogP contribution in [0.15, 0.2) is 35.0 Å². The summed E-state index contributed by atoms with van der Waals surface area (Å²) in [5.41, 5.74) is 1.54. The highest BCUT2D eigenvalue weighted by Crippen LogP contribution is 2.30. The Bertz CT molecular complexity index is 792. The zero-order valence-corrected chi connectivity index (χ0v) is 15.7. The average molecular weight is 391 g/mol. The molecule has 0 radical (unpaired) electrons. The number of rotatable bonds is 7. The van der Waals surface area contributed by atoms with Crippen LogP contribution in [0.25, 0.3) is 0 Å². The molecular weight excluding hydrogens is 370 g/mol. The lowest BCUT2D eigenvalue weighted by Crippen LogP contribution is -2.42. The van der Waals surface area contributed by atoms with E-state index in [2.05, 4.69) is 0 Å². The predicted molar refractivity (Wildman–Crippen MR) is 99.7 cm³/mol. The van der Waals surface area contributed by atoms with Gasteiger partial charge in [-0.05, 0) is 47.5 Å². The van der Waals surface area contributed by atoms with Crippen LogP contribution in [0, 0.1) is 0 Å². The molecule has 0 aliphatic carbocycles. The SMILES string of the molecule is CCOc1cc(C(=O)N2CCOC(c3ccsc3)C2)ccc1OCC(=O)O. The number of carbonyl (C=O) groups excluding carboxylic acids is 1. The number of benzene rings is 1. The third-order valence-corrected chi connectivity index (χ3v) is 4.81. The van der Waals surface area contributed by atoms with Gasteiger partial charge in [0.1, 0.15) is 6.10 Å². The molecule has 0 bridgehead atoms. The largest absolute Gasteiger partial charge is 0.490 e. The number of aliphatic carboxylic acids is 1. The van der Waals surface area contributed by atoms with E-state index in [1.165, 1.54) is 0 Å². The lowest BCUT2D eigenvalue weighted by atomic mass is 10.1. The zero-order valence-electron chi connectivity index (χ0n) is 14.9. The molecule has 1 aliphatic rings. The highest BCUT2D eigenvalue weighted by Gasteiger charge is 2.27. The fraction of sp³-hybridized carbons (Fsp3) is 0.368. The van der Waals surface area contributed by atoms with Crippen molar-refractivity contribution in [2.75, 3.05) is 32.9 Å². The second-order valence-electron chi connectivity index (χ2n) is 5.94. The van der Waals surface area contributed by atoms with Gasteiger partial charge in [0.05, 0.1) is 19.8 Å². The molecule has 3 rings (SSSR count). The topological polar surface area (TPSA) is 85.3 Å². The summed E-state index contributed by atoms with van der Waals surface area (Å²) in [6, 6.07) is 6.79. The third kappa shape index (κ3) is 4.78. The summed E-state index contributed by atoms with van der Waals surface area (Å²) in [6.07, 6.45) is -0.126. The second-order valence-corrected chi connectivity index (χ2v) is 6.72. The molecular formula is C19H21NO6S. The predicted octanol–water partition coefficient (Wildman–Crippen LogP) is 2.82. The van der Waals surface area contributed by atoms with Gasteiger partial charge in [-0.1, -0.05) is 0 Å². The maximum Gasteiger partial charge on any atom is 0.341 e. The first-order valence-electron chi connectivity index (χ1n) is 8.63. The fourth-order valence-corrected chi connectivity index (χ4v) is 3.55. The lowest BCUT2D eigenvalue weighted by molar-refractivity contribution is -0.139. The van der Waals surface area contributed by atoms with E-state index in [1.54, 1.807) is 34.4 Å². The molecule has 8 heteroatoms. The Hall–Kier alpha value is -2.58. The van der Waals surface area contributed by atoms with Gasteiger partial charge >= 0.3 is 5.97 Å². The molecule has 7 nitrogen and oxygen atoms in total. The number of ether oxygens (including phenoxy) is 3. The maximum atomic E-state index is 12.9. The number of nitrogens with zero attached hydrogens (tertiary/aromatic N) is 1. The van der Waals surface area contributed by atoms with E-state index in [9.17, 15) is 9.59 Å². The molecule has 0 spiro atoms. The van der Waals surface area contributed by atoms with E-state index >= 15 is 0 Å². The van der Waals surface area contributed by atoms with Crippen LogP contribution in [0.2, 0.25) is 0 Å². The Morgan fingerprint density at radius 2 is 2.15 bits per heavy atom. The van der Waals surface area contributed by atoms with Gasteiger partial charge in [0.25, 0.3) is 5.91 Å². The Labute approximate surface area is 161 Å². The summed E-state index contributed by atoms with van der Waals surface area (Å²) < 4.78 is 16.5. The summed E-state index contributed by atoms with van der Waals surface area (Å²) in [5.74, 6) is -0.546. The highest BCUT2D eigenvalue weighted by atomic mass is 32.1. The van der Waals surface area contributed by atoms with Crippen molar-refractivity contribution in [1.82, 2.24) is 4.90 Å². The molecule has 144 valence electrons. The second kappa shape index (κ2) is 8.88. The zero-order chi connectivity index (χ0) is 19.2. The highest BCUT2D eigenvalue weighted by molar-refractivity contribution is 7.07. The standard InChI is InChI=1S/C19H21NO6S/c1-2-24-16-9-13(3-4-15(16)26-11-18(21)22)19(23)20-6-7-25-17(10-20)14-5-8-27-12-14/h3-5,8-9,12,17H,2,6-7,10-11H2,1H3,(H,21,22). The summed E-state index contributed by atoms with van der Waals surface area (Å²) in [7, 11) is 0. The molecule has 1 amide bonds. The van der Waals surface area contributed by atoms with Crippen molar-refractivity contribution in [1.29, 1.82) is 0 Å². The van der Waals surface area contributed by atoms with Crippen molar-refractivity contribution in [3.05, 3.63) is 46.2 Å². The van der Waals surface area contributed by atoms with Crippen LogP contribution in [0.1, 0.15) is 28.9 Å². The number of carbonyl (C=O) groups is 2. The Morgan fingerprint density at radius 3 is 2.85 bits per heavy atom. The van der Waals surface area contributed by atoms with Gasteiger partial charge in [0.15, 0.2) is 18.1 Å². The van der Waals surface area contributed by atoms with Gasteiger partial charge in [-0.3, -0.25) is 4.79 Å². The molecule has 1 N–H and O–H groups in total. The first kappa shape index (κ1) is 19.2. The fourth-order valence-electron chi connectivity index (χ4n) is 2.84. The van der Waals surface area contributed by atoms with Crippen molar-refractivity contribution in [3.63, 3.8) is 0 Å². The van der Waals surface area contributed by atoms with Crippen molar-refractivity contribution in [2.24, 2.45) is 0 Å². The van der Waals surface area contributed by atoms with Gasteiger partial charge in [-0.25, -0.2) is 4.79 Å². The molecule has 0 saturated carbocycles. The van der Waals surface area contributed by atoms with Gasteiger partial charge in [0, 0.05) is 12.1 Å². The van der Waals surface area contributed by atoms with E-state index in [-0.39, 0.29) is 12.0 Å². The van der Waals surface area contributed by atoms with Gasteiger partial charge in [-0.2, -0.15) is 11.3 Å². The van der Waals surface area contributed by atoms with Crippen molar-refractivity contribution < 1.29 is 28.9 Å². The molecule has 2 heterocycles.